The highest BCUT2D eigenvalue weighted by Gasteiger charge is 2.43. The number of hydrazine groups is 1. The summed E-state index contributed by atoms with van der Waals surface area (Å²) >= 11 is 1.38. The van der Waals surface area contributed by atoms with E-state index in [-0.39, 0.29) is 38.1 Å². The summed E-state index contributed by atoms with van der Waals surface area (Å²) in [5, 5.41) is 7.19. The standard InChI is InChI=1S/C45H61N9O8S2/c1-10-53-36-16-15-28-19-31(36)32(40(53)30-13-11-17-47-38(30)27(4)61-9)21-45(5,6)25-62-43(57)33-14-12-18-54(50-33)42(56)34(20-37-48-35(28)24-63-37)49-41(55)39(26(2)3)51(8)44(58)52-22-29(23-52)64(59,60)46-7/h11,13,15-17,19,24,26-27,29,33-34,39,46,50H,10,12,14,18,20-23,25H2,1-9H3,(H,49,55)/t27-,33-,34-,39-/m0/s1. The monoisotopic (exact) mass is 919 g/mol. The number of ether oxygens (including phenoxy) is 2. The van der Waals surface area contributed by atoms with Gasteiger partial charge in [-0.3, -0.25) is 24.4 Å². The zero-order valence-electron chi connectivity index (χ0n) is 38.1. The second-order valence-electron chi connectivity index (χ2n) is 18.1. The van der Waals surface area contributed by atoms with Crippen molar-refractivity contribution in [2.75, 3.05) is 47.4 Å². The third kappa shape index (κ3) is 9.40. The van der Waals surface area contributed by atoms with Crippen LogP contribution in [0.1, 0.15) is 76.8 Å². The lowest BCUT2D eigenvalue weighted by molar-refractivity contribution is -0.155. The first kappa shape index (κ1) is 47.0. The number of likely N-dealkylation sites (tertiary alicyclic amines) is 1. The quantitative estimate of drug-likeness (QED) is 0.189. The number of amides is 4. The smallest absolute Gasteiger partial charge is 0.324 e. The summed E-state index contributed by atoms with van der Waals surface area (Å²) in [7, 11) is 0.949. The van der Waals surface area contributed by atoms with Gasteiger partial charge in [-0.1, -0.05) is 33.8 Å². The van der Waals surface area contributed by atoms with Crippen LogP contribution in [0.4, 0.5) is 4.79 Å². The molecule has 1 aromatic carbocycles. The molecule has 7 rings (SSSR count). The molecule has 3 N–H and O–H groups in total. The largest absolute Gasteiger partial charge is 0.464 e. The van der Waals surface area contributed by atoms with Crippen LogP contribution >= 0.6 is 11.3 Å². The number of sulfonamides is 1. The Morgan fingerprint density at radius 3 is 2.59 bits per heavy atom. The molecule has 2 fully saturated rings. The number of carbonyl (C=O) groups is 4. The van der Waals surface area contributed by atoms with Crippen molar-refractivity contribution >= 4 is 56.1 Å². The third-order valence-electron chi connectivity index (χ3n) is 12.6. The number of aryl methyl sites for hydroxylation is 1. The molecule has 0 saturated carbocycles. The first-order valence-corrected chi connectivity index (χ1v) is 24.4. The van der Waals surface area contributed by atoms with Crippen molar-refractivity contribution in [1.29, 1.82) is 0 Å². The Morgan fingerprint density at radius 2 is 1.91 bits per heavy atom. The van der Waals surface area contributed by atoms with Gasteiger partial charge in [0.1, 0.15) is 23.4 Å². The lowest BCUT2D eigenvalue weighted by Crippen LogP contribution is -2.65. The van der Waals surface area contributed by atoms with Crippen LogP contribution in [0.2, 0.25) is 0 Å². The number of likely N-dealkylation sites (N-methyl/N-ethyl adjacent to an activating group) is 1. The van der Waals surface area contributed by atoms with E-state index in [0.29, 0.717) is 37.4 Å². The number of nitrogens with zero attached hydrogens (tertiary/aromatic N) is 6. The third-order valence-corrected chi connectivity index (χ3v) is 15.2. The molecule has 0 aliphatic carbocycles. The van der Waals surface area contributed by atoms with Crippen molar-refractivity contribution in [2.24, 2.45) is 11.3 Å². The lowest BCUT2D eigenvalue weighted by Gasteiger charge is -2.42. The molecule has 17 nitrogen and oxygen atoms in total. The number of fused-ring (bicyclic) bond motifs is 6. The normalized spacial score (nSPS) is 20.7. The Balaban J connectivity index is 1.26. The number of benzene rings is 1. The number of thiazole rings is 1. The molecule has 346 valence electrons. The Bertz CT molecular complexity index is 2510. The first-order chi connectivity index (χ1) is 30.4. The molecule has 2 saturated heterocycles. The van der Waals surface area contributed by atoms with Gasteiger partial charge in [-0.05, 0) is 75.9 Å². The van der Waals surface area contributed by atoms with Crippen molar-refractivity contribution in [1.82, 2.24) is 44.8 Å². The SMILES string of the molecule is CCn1c(-c2cccnc2[C@H](C)OC)c2c3cc(ccc31)-c1csc(n1)C[C@H](NC(=O)[C@H](C(C)C)N(C)C(=O)N1CC(S(=O)(=O)NC)C1)C(=O)N1CCC[C@H](N1)C(=O)OCC(C)(C)C2. The van der Waals surface area contributed by atoms with Crippen LogP contribution in [0, 0.1) is 11.3 Å². The highest BCUT2D eigenvalue weighted by atomic mass is 32.2. The molecular formula is C45H61N9O8S2. The van der Waals surface area contributed by atoms with E-state index in [1.165, 1.54) is 40.2 Å². The lowest BCUT2D eigenvalue weighted by atomic mass is 9.84. The Labute approximate surface area is 379 Å². The number of methoxy groups -OCH3 is 1. The van der Waals surface area contributed by atoms with E-state index in [2.05, 4.69) is 59.0 Å². The molecule has 3 aromatic heterocycles. The van der Waals surface area contributed by atoms with Gasteiger partial charge in [0.25, 0.3) is 5.91 Å². The molecule has 4 atom stereocenters. The van der Waals surface area contributed by atoms with E-state index in [0.717, 1.165) is 44.7 Å². The number of nitrogens with one attached hydrogen (secondary N) is 3. The van der Waals surface area contributed by atoms with Crippen molar-refractivity contribution in [3.63, 3.8) is 0 Å². The number of aromatic nitrogens is 3. The topological polar surface area (TPSA) is 197 Å². The fraction of sp³-hybridized carbons (Fsp3) is 0.556. The van der Waals surface area contributed by atoms with Gasteiger partial charge in [-0.2, -0.15) is 0 Å². The molecule has 6 bridgehead atoms. The van der Waals surface area contributed by atoms with Crippen LogP contribution in [0.15, 0.2) is 41.9 Å². The van der Waals surface area contributed by atoms with Crippen molar-refractivity contribution in [2.45, 2.75) is 103 Å². The van der Waals surface area contributed by atoms with E-state index in [9.17, 15) is 27.6 Å². The van der Waals surface area contributed by atoms with E-state index in [1.54, 1.807) is 27.2 Å². The summed E-state index contributed by atoms with van der Waals surface area (Å²) in [5.41, 5.74) is 9.12. The molecule has 3 aliphatic heterocycles. The highest BCUT2D eigenvalue weighted by molar-refractivity contribution is 7.90. The van der Waals surface area contributed by atoms with Crippen molar-refractivity contribution in [3.05, 3.63) is 58.2 Å². The van der Waals surface area contributed by atoms with Crippen LogP contribution in [-0.4, -0.2) is 132 Å². The minimum atomic E-state index is -3.56. The van der Waals surface area contributed by atoms with Crippen LogP contribution in [-0.2, 0) is 53.3 Å². The van der Waals surface area contributed by atoms with E-state index >= 15 is 0 Å². The molecule has 0 spiro atoms. The Hall–Kier alpha value is -4.95. The zero-order valence-corrected chi connectivity index (χ0v) is 39.8. The average molecular weight is 920 g/mol. The minimum absolute atomic E-state index is 0.00700. The summed E-state index contributed by atoms with van der Waals surface area (Å²) in [5.74, 6) is -1.86. The highest BCUT2D eigenvalue weighted by Crippen LogP contribution is 2.42. The van der Waals surface area contributed by atoms with E-state index < -0.39 is 62.6 Å². The van der Waals surface area contributed by atoms with Gasteiger partial charge >= 0.3 is 12.0 Å². The fourth-order valence-electron chi connectivity index (χ4n) is 9.05. The number of urea groups is 1. The second-order valence-corrected chi connectivity index (χ2v) is 21.2. The summed E-state index contributed by atoms with van der Waals surface area (Å²) in [4.78, 5) is 68.8. The number of hydrogen-bond acceptors (Lipinski definition) is 12. The number of cyclic esters (lactones) is 1. The Kier molecular flexibility index (Phi) is 13.9. The molecular weight excluding hydrogens is 859 g/mol. The number of esters is 1. The van der Waals surface area contributed by atoms with Gasteiger partial charge in [0.05, 0.1) is 34.8 Å². The summed E-state index contributed by atoms with van der Waals surface area (Å²) in [6.07, 6.45) is 3.09. The van der Waals surface area contributed by atoms with Crippen LogP contribution in [0.25, 0.3) is 33.4 Å². The molecule has 6 heterocycles. The van der Waals surface area contributed by atoms with Gasteiger partial charge in [-0.25, -0.2) is 28.3 Å². The van der Waals surface area contributed by atoms with Crippen molar-refractivity contribution < 1.29 is 37.1 Å². The van der Waals surface area contributed by atoms with Crippen LogP contribution < -0.4 is 15.5 Å². The maximum absolute atomic E-state index is 14.5. The maximum atomic E-state index is 14.5. The van der Waals surface area contributed by atoms with E-state index in [1.807, 2.05) is 24.4 Å². The van der Waals surface area contributed by atoms with Crippen LogP contribution in [0.3, 0.4) is 0 Å². The fourth-order valence-corrected chi connectivity index (χ4v) is 11.0. The summed E-state index contributed by atoms with van der Waals surface area (Å²) < 4.78 is 41.1. The predicted molar refractivity (Wildman–Crippen MR) is 244 cm³/mol. The molecule has 4 amide bonds. The average Bonchev–Trinajstić information content (AvgIpc) is 3.85. The van der Waals surface area contributed by atoms with Crippen molar-refractivity contribution in [3.8, 4) is 22.5 Å². The van der Waals surface area contributed by atoms with E-state index in [4.69, 9.17) is 19.4 Å². The molecule has 3 aliphatic rings. The minimum Gasteiger partial charge on any atom is -0.464 e. The van der Waals surface area contributed by atoms with Gasteiger partial charge in [0.2, 0.25) is 15.9 Å². The summed E-state index contributed by atoms with van der Waals surface area (Å²) in [6, 6.07) is 6.91. The van der Waals surface area contributed by atoms with Gasteiger partial charge in [0, 0.05) is 85.8 Å². The first-order valence-electron chi connectivity index (χ1n) is 21.9. The Morgan fingerprint density at radius 1 is 1.16 bits per heavy atom. The number of rotatable bonds is 10. The molecule has 19 heteroatoms. The van der Waals surface area contributed by atoms with Gasteiger partial charge in [0.15, 0.2) is 0 Å². The van der Waals surface area contributed by atoms with Gasteiger partial charge in [-0.15, -0.1) is 11.3 Å². The van der Waals surface area contributed by atoms with Gasteiger partial charge < -0.3 is 29.2 Å². The number of carbonyl (C=O) groups excluding carboxylic acids is 4. The molecule has 64 heavy (non-hydrogen) atoms. The molecule has 0 unspecified atom stereocenters. The van der Waals surface area contributed by atoms with Crippen LogP contribution in [0.5, 0.6) is 0 Å². The second kappa shape index (κ2) is 18.9. The molecule has 0 radical (unpaired) electrons. The maximum Gasteiger partial charge on any atom is 0.324 e. The predicted octanol–water partition coefficient (Wildman–Crippen LogP) is 4.51. The number of pyridine rings is 1. The summed E-state index contributed by atoms with van der Waals surface area (Å²) in [6.45, 7) is 12.9. The zero-order chi connectivity index (χ0) is 46.2. The molecule has 4 aromatic rings. The number of hydrogen-bond donors (Lipinski definition) is 3.